The lowest BCUT2D eigenvalue weighted by atomic mass is 10.1. The SMILES string of the molecule is CSNc1ccn(C(=O)N2CCN(Cc3cc(N4CCOCC4)cc(C(F)(F)F)c3)CC2)n1. The molecule has 1 aromatic heterocycles. The Labute approximate surface area is 194 Å². The number of carbonyl (C=O) groups is 1. The molecule has 1 N–H and O–H groups in total. The lowest BCUT2D eigenvalue weighted by Crippen LogP contribution is -2.49. The molecule has 2 fully saturated rings. The van der Waals surface area contributed by atoms with Crippen molar-refractivity contribution in [1.29, 1.82) is 0 Å². The fourth-order valence-corrected chi connectivity index (χ4v) is 4.34. The van der Waals surface area contributed by atoms with Gasteiger partial charge < -0.3 is 19.3 Å². The molecule has 0 saturated carbocycles. The molecule has 4 rings (SSSR count). The highest BCUT2D eigenvalue weighted by Crippen LogP contribution is 2.33. The van der Waals surface area contributed by atoms with E-state index in [1.165, 1.54) is 28.8 Å². The van der Waals surface area contributed by atoms with Crippen molar-refractivity contribution in [2.24, 2.45) is 0 Å². The second kappa shape index (κ2) is 10.2. The summed E-state index contributed by atoms with van der Waals surface area (Å²) in [5, 5.41) is 4.21. The van der Waals surface area contributed by atoms with Crippen molar-refractivity contribution in [3.63, 3.8) is 0 Å². The van der Waals surface area contributed by atoms with Crippen molar-refractivity contribution in [2.45, 2.75) is 12.7 Å². The number of nitrogens with zero attached hydrogens (tertiary/aromatic N) is 5. The molecule has 0 spiro atoms. The molecule has 0 radical (unpaired) electrons. The number of alkyl halides is 3. The summed E-state index contributed by atoms with van der Waals surface area (Å²) in [7, 11) is 0. The van der Waals surface area contributed by atoms with E-state index in [1.807, 2.05) is 17.2 Å². The Kier molecular flexibility index (Phi) is 7.35. The van der Waals surface area contributed by atoms with Crippen LogP contribution in [0.3, 0.4) is 0 Å². The average molecular weight is 485 g/mol. The van der Waals surface area contributed by atoms with Crippen LogP contribution in [0.25, 0.3) is 0 Å². The fraction of sp³-hybridized carbons (Fsp3) is 0.524. The van der Waals surface area contributed by atoms with Gasteiger partial charge in [0, 0.05) is 70.0 Å². The topological polar surface area (TPSA) is 65.9 Å². The molecule has 0 unspecified atom stereocenters. The minimum absolute atomic E-state index is 0.211. The van der Waals surface area contributed by atoms with E-state index in [0.29, 0.717) is 76.1 Å². The largest absolute Gasteiger partial charge is 0.416 e. The first-order valence-corrected chi connectivity index (χ1v) is 12.0. The Morgan fingerprint density at radius 1 is 1.12 bits per heavy atom. The molecule has 0 atom stereocenters. The van der Waals surface area contributed by atoms with Gasteiger partial charge in [0.1, 0.15) is 0 Å². The van der Waals surface area contributed by atoms with E-state index >= 15 is 0 Å². The summed E-state index contributed by atoms with van der Waals surface area (Å²) in [4.78, 5) is 18.4. The van der Waals surface area contributed by atoms with Crippen molar-refractivity contribution < 1.29 is 22.7 Å². The van der Waals surface area contributed by atoms with Gasteiger partial charge in [0.05, 0.1) is 18.8 Å². The summed E-state index contributed by atoms with van der Waals surface area (Å²) in [6.07, 6.45) is -0.923. The predicted molar refractivity (Wildman–Crippen MR) is 121 cm³/mol. The molecule has 2 aliphatic heterocycles. The number of nitrogens with one attached hydrogen (secondary N) is 1. The standard InChI is InChI=1S/C21H27F3N6O2S/c1-33-26-19-2-3-30(25-19)20(31)29-6-4-27(5-7-29)15-16-12-17(21(22,23)24)14-18(13-16)28-8-10-32-11-9-28/h2-3,12-14H,4-11,15H2,1H3,(H,25,26). The van der Waals surface area contributed by atoms with Gasteiger partial charge in [-0.1, -0.05) is 11.9 Å². The molecule has 0 bridgehead atoms. The molecule has 180 valence electrons. The molecular formula is C21H27F3N6O2S. The highest BCUT2D eigenvalue weighted by molar-refractivity contribution is 7.99. The lowest BCUT2D eigenvalue weighted by Gasteiger charge is -2.35. The van der Waals surface area contributed by atoms with Crippen molar-refractivity contribution in [1.82, 2.24) is 19.6 Å². The second-order valence-electron chi connectivity index (χ2n) is 7.98. The van der Waals surface area contributed by atoms with Crippen LogP contribution in [-0.4, -0.2) is 84.3 Å². The number of anilines is 2. The van der Waals surface area contributed by atoms with Crippen LogP contribution in [0.4, 0.5) is 29.5 Å². The maximum atomic E-state index is 13.5. The maximum absolute atomic E-state index is 13.5. The molecule has 33 heavy (non-hydrogen) atoms. The zero-order chi connectivity index (χ0) is 23.4. The Hall–Kier alpha value is -2.44. The van der Waals surface area contributed by atoms with Crippen molar-refractivity contribution in [2.75, 3.05) is 68.4 Å². The number of piperazine rings is 1. The Balaban J connectivity index is 1.40. The first kappa shape index (κ1) is 23.7. The summed E-state index contributed by atoms with van der Waals surface area (Å²) in [5.74, 6) is 0.607. The molecule has 1 amide bonds. The number of benzene rings is 1. The van der Waals surface area contributed by atoms with Crippen LogP contribution in [0.1, 0.15) is 11.1 Å². The molecule has 2 saturated heterocycles. The van der Waals surface area contributed by atoms with E-state index in [0.717, 1.165) is 0 Å². The number of morpholine rings is 1. The number of hydrogen-bond acceptors (Lipinski definition) is 7. The first-order chi connectivity index (χ1) is 15.8. The minimum atomic E-state index is -4.41. The van der Waals surface area contributed by atoms with E-state index in [-0.39, 0.29) is 6.03 Å². The molecule has 12 heteroatoms. The van der Waals surface area contributed by atoms with Gasteiger partial charge >= 0.3 is 12.2 Å². The Morgan fingerprint density at radius 2 is 1.85 bits per heavy atom. The van der Waals surface area contributed by atoms with E-state index in [1.54, 1.807) is 17.2 Å². The Bertz CT molecular complexity index is 956. The third-order valence-corrected chi connectivity index (χ3v) is 6.14. The fourth-order valence-electron chi connectivity index (χ4n) is 4.02. The second-order valence-corrected chi connectivity index (χ2v) is 8.60. The van der Waals surface area contributed by atoms with Crippen LogP contribution in [0.15, 0.2) is 30.5 Å². The molecule has 3 heterocycles. The van der Waals surface area contributed by atoms with E-state index < -0.39 is 11.7 Å². The molecule has 1 aromatic carbocycles. The van der Waals surface area contributed by atoms with Gasteiger partial charge in [-0.05, 0) is 23.8 Å². The number of amides is 1. The molecule has 2 aliphatic rings. The van der Waals surface area contributed by atoms with Gasteiger partial charge in [-0.15, -0.1) is 5.10 Å². The monoisotopic (exact) mass is 484 g/mol. The molecule has 8 nitrogen and oxygen atoms in total. The number of carbonyl (C=O) groups excluding carboxylic acids is 1. The van der Waals surface area contributed by atoms with Gasteiger partial charge in [-0.3, -0.25) is 4.90 Å². The summed E-state index contributed by atoms with van der Waals surface area (Å²) in [6.45, 7) is 4.68. The quantitative estimate of drug-likeness (QED) is 0.654. The smallest absolute Gasteiger partial charge is 0.378 e. The first-order valence-electron chi connectivity index (χ1n) is 10.7. The minimum Gasteiger partial charge on any atom is -0.378 e. The molecular weight excluding hydrogens is 457 g/mol. The normalized spacial score (nSPS) is 17.9. The number of aromatic nitrogens is 2. The molecule has 0 aliphatic carbocycles. The van der Waals surface area contributed by atoms with Crippen LogP contribution in [0.5, 0.6) is 0 Å². The lowest BCUT2D eigenvalue weighted by molar-refractivity contribution is -0.137. The average Bonchev–Trinajstić information content (AvgIpc) is 3.28. The van der Waals surface area contributed by atoms with Crippen molar-refractivity contribution in [3.8, 4) is 0 Å². The van der Waals surface area contributed by atoms with Crippen molar-refractivity contribution >= 4 is 29.5 Å². The van der Waals surface area contributed by atoms with Crippen LogP contribution in [0, 0.1) is 0 Å². The number of hydrogen-bond donors (Lipinski definition) is 1. The zero-order valence-corrected chi connectivity index (χ0v) is 19.2. The third-order valence-electron chi connectivity index (χ3n) is 5.72. The van der Waals surface area contributed by atoms with E-state index in [2.05, 4.69) is 14.7 Å². The summed E-state index contributed by atoms with van der Waals surface area (Å²) >= 11 is 1.39. The number of halogens is 3. The van der Waals surface area contributed by atoms with Crippen LogP contribution < -0.4 is 9.62 Å². The van der Waals surface area contributed by atoms with Crippen LogP contribution in [0.2, 0.25) is 0 Å². The van der Waals surface area contributed by atoms with Gasteiger partial charge in [0.25, 0.3) is 0 Å². The summed E-state index contributed by atoms with van der Waals surface area (Å²) in [6, 6.07) is 5.80. The Morgan fingerprint density at radius 3 is 2.52 bits per heavy atom. The van der Waals surface area contributed by atoms with E-state index in [4.69, 9.17) is 4.74 Å². The van der Waals surface area contributed by atoms with Gasteiger partial charge in [-0.2, -0.15) is 17.9 Å². The molecule has 2 aromatic rings. The summed E-state index contributed by atoms with van der Waals surface area (Å²) in [5.41, 5.74) is 0.555. The highest BCUT2D eigenvalue weighted by Gasteiger charge is 2.32. The van der Waals surface area contributed by atoms with Crippen LogP contribution in [-0.2, 0) is 17.5 Å². The van der Waals surface area contributed by atoms with Gasteiger partial charge in [-0.25, -0.2) is 4.79 Å². The summed E-state index contributed by atoms with van der Waals surface area (Å²) < 4.78 is 50.2. The maximum Gasteiger partial charge on any atom is 0.416 e. The number of ether oxygens (including phenoxy) is 1. The van der Waals surface area contributed by atoms with Gasteiger partial charge in [0.2, 0.25) is 0 Å². The third kappa shape index (κ3) is 5.92. The van der Waals surface area contributed by atoms with E-state index in [9.17, 15) is 18.0 Å². The van der Waals surface area contributed by atoms with Crippen LogP contribution >= 0.6 is 11.9 Å². The zero-order valence-electron chi connectivity index (χ0n) is 18.3. The number of rotatable bonds is 5. The highest BCUT2D eigenvalue weighted by atomic mass is 32.2. The van der Waals surface area contributed by atoms with Gasteiger partial charge in [0.15, 0.2) is 5.82 Å². The predicted octanol–water partition coefficient (Wildman–Crippen LogP) is 3.21. The van der Waals surface area contributed by atoms with Crippen molar-refractivity contribution in [3.05, 3.63) is 41.6 Å².